The SMILES string of the molecule is CCc1nnsc1C(=O)Nc1cnns1. The van der Waals surface area contributed by atoms with E-state index in [9.17, 15) is 4.79 Å². The highest BCUT2D eigenvalue weighted by atomic mass is 32.1. The molecule has 0 atom stereocenters. The summed E-state index contributed by atoms with van der Waals surface area (Å²) in [6.07, 6.45) is 2.20. The maximum atomic E-state index is 11.7. The summed E-state index contributed by atoms with van der Waals surface area (Å²) in [7, 11) is 0. The monoisotopic (exact) mass is 241 g/mol. The van der Waals surface area contributed by atoms with Crippen molar-refractivity contribution in [2.75, 3.05) is 5.32 Å². The van der Waals surface area contributed by atoms with Crippen molar-refractivity contribution < 1.29 is 4.79 Å². The van der Waals surface area contributed by atoms with Crippen LogP contribution in [-0.4, -0.2) is 25.1 Å². The van der Waals surface area contributed by atoms with Gasteiger partial charge in [0, 0.05) is 11.5 Å². The quantitative estimate of drug-likeness (QED) is 0.873. The Bertz CT molecular complexity index is 452. The molecule has 0 aromatic carbocycles. The standard InChI is InChI=1S/C7H7N5OS2/c1-2-4-6(15-12-10-4)7(13)9-5-3-8-11-14-5/h3H,2H2,1H3,(H,9,13). The van der Waals surface area contributed by atoms with Gasteiger partial charge in [-0.05, 0) is 18.0 Å². The second-order valence-electron chi connectivity index (χ2n) is 2.64. The van der Waals surface area contributed by atoms with Crippen LogP contribution in [0.3, 0.4) is 0 Å². The van der Waals surface area contributed by atoms with E-state index in [1.165, 1.54) is 6.20 Å². The lowest BCUT2D eigenvalue weighted by atomic mass is 10.3. The van der Waals surface area contributed by atoms with Gasteiger partial charge in [-0.3, -0.25) is 4.79 Å². The van der Waals surface area contributed by atoms with Crippen molar-refractivity contribution in [2.45, 2.75) is 13.3 Å². The molecule has 2 heterocycles. The van der Waals surface area contributed by atoms with Crippen molar-refractivity contribution >= 4 is 34.0 Å². The molecule has 2 rings (SSSR count). The lowest BCUT2D eigenvalue weighted by molar-refractivity contribution is 0.103. The van der Waals surface area contributed by atoms with Gasteiger partial charge in [0.05, 0.1) is 11.9 Å². The lowest BCUT2D eigenvalue weighted by Gasteiger charge is -1.98. The Labute approximate surface area is 93.7 Å². The van der Waals surface area contributed by atoms with Gasteiger partial charge in [-0.25, -0.2) is 0 Å². The number of aryl methyl sites for hydroxylation is 1. The predicted molar refractivity (Wildman–Crippen MR) is 57.1 cm³/mol. The third kappa shape index (κ3) is 2.16. The zero-order valence-corrected chi connectivity index (χ0v) is 9.43. The van der Waals surface area contributed by atoms with E-state index in [0.717, 1.165) is 28.8 Å². The normalized spacial score (nSPS) is 10.2. The van der Waals surface area contributed by atoms with Crippen molar-refractivity contribution in [1.82, 2.24) is 19.2 Å². The molecule has 6 nitrogen and oxygen atoms in total. The van der Waals surface area contributed by atoms with E-state index >= 15 is 0 Å². The zero-order chi connectivity index (χ0) is 10.7. The van der Waals surface area contributed by atoms with Crippen LogP contribution in [0.1, 0.15) is 22.3 Å². The second kappa shape index (κ2) is 4.41. The largest absolute Gasteiger partial charge is 0.310 e. The fraction of sp³-hybridized carbons (Fsp3) is 0.286. The van der Waals surface area contributed by atoms with E-state index in [1.54, 1.807) is 0 Å². The highest BCUT2D eigenvalue weighted by Gasteiger charge is 2.15. The molecule has 78 valence electrons. The summed E-state index contributed by atoms with van der Waals surface area (Å²) in [4.78, 5) is 12.3. The van der Waals surface area contributed by atoms with Crippen molar-refractivity contribution in [1.29, 1.82) is 0 Å². The predicted octanol–water partition coefficient (Wildman–Crippen LogP) is 1.20. The molecule has 2 aromatic heterocycles. The summed E-state index contributed by atoms with van der Waals surface area (Å²) in [5.41, 5.74) is 0.718. The molecule has 2 aromatic rings. The Hall–Kier alpha value is -1.41. The van der Waals surface area contributed by atoms with Crippen LogP contribution < -0.4 is 5.32 Å². The first-order valence-electron chi connectivity index (χ1n) is 4.21. The van der Waals surface area contributed by atoms with E-state index in [-0.39, 0.29) is 5.91 Å². The molecular formula is C7H7N5OS2. The van der Waals surface area contributed by atoms with Crippen LogP contribution in [0.2, 0.25) is 0 Å². The van der Waals surface area contributed by atoms with Crippen molar-refractivity contribution in [3.05, 3.63) is 16.8 Å². The summed E-state index contributed by atoms with van der Waals surface area (Å²) in [5.74, 6) is -0.201. The fourth-order valence-corrected chi connectivity index (χ4v) is 2.06. The molecule has 0 bridgehead atoms. The van der Waals surface area contributed by atoms with Gasteiger partial charge in [0.25, 0.3) is 5.91 Å². The molecule has 0 saturated heterocycles. The van der Waals surface area contributed by atoms with Crippen LogP contribution in [0.5, 0.6) is 0 Å². The highest BCUT2D eigenvalue weighted by molar-refractivity contribution is 7.10. The van der Waals surface area contributed by atoms with Gasteiger partial charge in [0.15, 0.2) is 0 Å². The molecule has 1 N–H and O–H groups in total. The summed E-state index contributed by atoms with van der Waals surface area (Å²) in [6.45, 7) is 1.93. The topological polar surface area (TPSA) is 80.7 Å². The number of hydrogen-bond acceptors (Lipinski definition) is 7. The first-order valence-corrected chi connectivity index (χ1v) is 5.76. The van der Waals surface area contributed by atoms with Gasteiger partial charge in [-0.2, -0.15) is 0 Å². The summed E-state index contributed by atoms with van der Waals surface area (Å²) in [5, 5.41) is 10.8. The Morgan fingerprint density at radius 3 is 3.00 bits per heavy atom. The van der Waals surface area contributed by atoms with E-state index in [1.807, 2.05) is 6.92 Å². The molecule has 0 radical (unpaired) electrons. The highest BCUT2D eigenvalue weighted by Crippen LogP contribution is 2.15. The van der Waals surface area contributed by atoms with Gasteiger partial charge in [-0.1, -0.05) is 15.9 Å². The molecule has 0 saturated carbocycles. The summed E-state index contributed by atoms with van der Waals surface area (Å²) in [6, 6.07) is 0. The third-order valence-electron chi connectivity index (χ3n) is 1.69. The fourth-order valence-electron chi connectivity index (χ4n) is 1.00. The minimum atomic E-state index is -0.201. The number of rotatable bonds is 3. The molecule has 15 heavy (non-hydrogen) atoms. The average molecular weight is 241 g/mol. The number of amides is 1. The minimum absolute atomic E-state index is 0.201. The first-order chi connectivity index (χ1) is 7.31. The number of nitrogens with zero attached hydrogens (tertiary/aromatic N) is 4. The number of anilines is 1. The average Bonchev–Trinajstić information content (AvgIpc) is 2.86. The molecule has 0 spiro atoms. The maximum Gasteiger partial charge on any atom is 0.270 e. The van der Waals surface area contributed by atoms with Crippen molar-refractivity contribution in [3.63, 3.8) is 0 Å². The minimum Gasteiger partial charge on any atom is -0.310 e. The summed E-state index contributed by atoms with van der Waals surface area (Å²) >= 11 is 2.23. The Kier molecular flexibility index (Phi) is 2.97. The van der Waals surface area contributed by atoms with E-state index in [0.29, 0.717) is 16.3 Å². The molecular weight excluding hydrogens is 234 g/mol. The summed E-state index contributed by atoms with van der Waals surface area (Å²) < 4.78 is 7.39. The van der Waals surface area contributed by atoms with Crippen LogP contribution in [0, 0.1) is 0 Å². The third-order valence-corrected chi connectivity index (χ3v) is 3.04. The lowest BCUT2D eigenvalue weighted by Crippen LogP contribution is -2.11. The van der Waals surface area contributed by atoms with Gasteiger partial charge in [0.2, 0.25) is 0 Å². The van der Waals surface area contributed by atoms with Crippen molar-refractivity contribution in [2.24, 2.45) is 0 Å². The zero-order valence-electron chi connectivity index (χ0n) is 7.80. The van der Waals surface area contributed by atoms with E-state index in [2.05, 4.69) is 24.5 Å². The first kappa shape index (κ1) is 10.1. The van der Waals surface area contributed by atoms with E-state index < -0.39 is 0 Å². The number of aromatic nitrogens is 4. The van der Waals surface area contributed by atoms with Gasteiger partial charge < -0.3 is 5.32 Å². The van der Waals surface area contributed by atoms with Gasteiger partial charge in [-0.15, -0.1) is 10.2 Å². The maximum absolute atomic E-state index is 11.7. The van der Waals surface area contributed by atoms with Crippen LogP contribution in [-0.2, 0) is 6.42 Å². The Morgan fingerprint density at radius 1 is 1.47 bits per heavy atom. The number of carbonyl (C=O) groups is 1. The Balaban J connectivity index is 2.15. The van der Waals surface area contributed by atoms with Crippen LogP contribution in [0.4, 0.5) is 5.00 Å². The van der Waals surface area contributed by atoms with Gasteiger partial charge in [0.1, 0.15) is 9.88 Å². The molecule has 0 aliphatic carbocycles. The number of carbonyl (C=O) groups excluding carboxylic acids is 1. The molecule has 0 unspecified atom stereocenters. The molecule has 8 heteroatoms. The number of hydrogen-bond donors (Lipinski definition) is 1. The van der Waals surface area contributed by atoms with Crippen LogP contribution in [0.15, 0.2) is 6.20 Å². The molecule has 0 aliphatic heterocycles. The van der Waals surface area contributed by atoms with E-state index in [4.69, 9.17) is 0 Å². The molecule has 0 fully saturated rings. The van der Waals surface area contributed by atoms with Crippen LogP contribution >= 0.6 is 23.1 Å². The van der Waals surface area contributed by atoms with Crippen LogP contribution in [0.25, 0.3) is 0 Å². The smallest absolute Gasteiger partial charge is 0.270 e. The van der Waals surface area contributed by atoms with Crippen molar-refractivity contribution in [3.8, 4) is 0 Å². The molecule has 0 aliphatic rings. The molecule has 1 amide bonds. The van der Waals surface area contributed by atoms with Gasteiger partial charge >= 0.3 is 0 Å². The Morgan fingerprint density at radius 2 is 2.33 bits per heavy atom. The number of nitrogens with one attached hydrogen (secondary N) is 1. The second-order valence-corrected chi connectivity index (χ2v) is 4.18.